The molecule has 0 aliphatic rings. The molecule has 6 nitrogen and oxygen atoms in total. The Bertz CT molecular complexity index is 1130. The fourth-order valence-corrected chi connectivity index (χ4v) is 2.81. The summed E-state index contributed by atoms with van der Waals surface area (Å²) < 4.78 is 5.24. The molecule has 0 aliphatic heterocycles. The molecule has 2 aromatic carbocycles. The van der Waals surface area contributed by atoms with E-state index in [9.17, 15) is 9.59 Å². The summed E-state index contributed by atoms with van der Waals surface area (Å²) in [5.74, 6) is -1.17. The van der Waals surface area contributed by atoms with Gasteiger partial charge in [-0.1, -0.05) is 23.2 Å². The standard InChI is InChI=1S/C20H13Cl2N3O3/c1-11(19(26)24-15-5-2-14(10-23)16(21)9-15)28-20(27)13-3-6-17-12(8-13)4-7-18(22)25-17/h2-9,11H,1H3,(H,24,26). The van der Waals surface area contributed by atoms with Crippen molar-refractivity contribution in [2.45, 2.75) is 13.0 Å². The molecule has 1 unspecified atom stereocenters. The third kappa shape index (κ3) is 4.39. The van der Waals surface area contributed by atoms with Crippen molar-refractivity contribution in [2.75, 3.05) is 5.32 Å². The molecule has 1 aromatic heterocycles. The van der Waals surface area contributed by atoms with Crippen molar-refractivity contribution >= 4 is 51.7 Å². The van der Waals surface area contributed by atoms with Crippen molar-refractivity contribution in [2.24, 2.45) is 0 Å². The lowest BCUT2D eigenvalue weighted by molar-refractivity contribution is -0.123. The van der Waals surface area contributed by atoms with Crippen LogP contribution in [-0.2, 0) is 9.53 Å². The number of hydrogen-bond acceptors (Lipinski definition) is 5. The SMILES string of the molecule is CC(OC(=O)c1ccc2nc(Cl)ccc2c1)C(=O)Nc1ccc(C#N)c(Cl)c1. The van der Waals surface area contributed by atoms with E-state index < -0.39 is 18.0 Å². The number of nitrogens with zero attached hydrogens (tertiary/aromatic N) is 2. The van der Waals surface area contributed by atoms with Gasteiger partial charge in [-0.3, -0.25) is 4.79 Å². The molecule has 1 atom stereocenters. The Kier molecular flexibility index (Phi) is 5.78. The molecular formula is C20H13Cl2N3O3. The van der Waals surface area contributed by atoms with Gasteiger partial charge in [0.05, 0.1) is 21.7 Å². The molecule has 0 spiro atoms. The maximum atomic E-state index is 12.4. The second-order valence-corrected chi connectivity index (χ2v) is 6.68. The molecule has 140 valence electrons. The summed E-state index contributed by atoms with van der Waals surface area (Å²) in [5, 5.41) is 12.8. The van der Waals surface area contributed by atoms with Gasteiger partial charge < -0.3 is 10.1 Å². The molecule has 28 heavy (non-hydrogen) atoms. The quantitative estimate of drug-likeness (QED) is 0.498. The molecule has 3 aromatic rings. The molecule has 0 radical (unpaired) electrons. The monoisotopic (exact) mass is 413 g/mol. The number of pyridine rings is 1. The van der Waals surface area contributed by atoms with Crippen LogP contribution >= 0.6 is 23.2 Å². The molecule has 8 heteroatoms. The van der Waals surface area contributed by atoms with E-state index in [0.29, 0.717) is 21.9 Å². The highest BCUT2D eigenvalue weighted by Crippen LogP contribution is 2.21. The van der Waals surface area contributed by atoms with Crippen molar-refractivity contribution in [1.82, 2.24) is 4.98 Å². The van der Waals surface area contributed by atoms with Crippen LogP contribution < -0.4 is 5.32 Å². The molecule has 1 amide bonds. The number of esters is 1. The number of nitriles is 1. The van der Waals surface area contributed by atoms with E-state index in [4.69, 9.17) is 33.2 Å². The van der Waals surface area contributed by atoms with Crippen LogP contribution in [0, 0.1) is 11.3 Å². The maximum Gasteiger partial charge on any atom is 0.338 e. The molecule has 3 rings (SSSR count). The average Bonchev–Trinajstić information content (AvgIpc) is 2.67. The first kappa shape index (κ1) is 19.6. The summed E-state index contributed by atoms with van der Waals surface area (Å²) >= 11 is 11.8. The maximum absolute atomic E-state index is 12.4. The number of rotatable bonds is 4. The Balaban J connectivity index is 1.68. The van der Waals surface area contributed by atoms with Crippen LogP contribution in [0.5, 0.6) is 0 Å². The predicted octanol–water partition coefficient (Wildman–Crippen LogP) is 4.60. The molecular weight excluding hydrogens is 401 g/mol. The van der Waals surface area contributed by atoms with Crippen LogP contribution in [-0.4, -0.2) is 23.0 Å². The summed E-state index contributed by atoms with van der Waals surface area (Å²) in [5.41, 5.74) is 1.63. The number of fused-ring (bicyclic) bond motifs is 1. The second kappa shape index (κ2) is 8.26. The summed E-state index contributed by atoms with van der Waals surface area (Å²) in [6.07, 6.45) is -1.04. The van der Waals surface area contributed by atoms with E-state index in [1.54, 1.807) is 36.4 Å². The van der Waals surface area contributed by atoms with Gasteiger partial charge >= 0.3 is 5.97 Å². The largest absolute Gasteiger partial charge is 0.449 e. The minimum Gasteiger partial charge on any atom is -0.449 e. The zero-order valence-electron chi connectivity index (χ0n) is 14.6. The van der Waals surface area contributed by atoms with Crippen molar-refractivity contribution < 1.29 is 14.3 Å². The van der Waals surface area contributed by atoms with E-state index in [-0.39, 0.29) is 10.6 Å². The van der Waals surface area contributed by atoms with E-state index in [1.807, 2.05) is 6.07 Å². The number of nitrogens with one attached hydrogen (secondary N) is 1. The minimum absolute atomic E-state index is 0.217. The number of ether oxygens (including phenoxy) is 1. The van der Waals surface area contributed by atoms with Crippen LogP contribution in [0.3, 0.4) is 0 Å². The highest BCUT2D eigenvalue weighted by atomic mass is 35.5. The van der Waals surface area contributed by atoms with Crippen molar-refractivity contribution in [3.8, 4) is 6.07 Å². The van der Waals surface area contributed by atoms with Gasteiger partial charge in [0.1, 0.15) is 11.2 Å². The lowest BCUT2D eigenvalue weighted by atomic mass is 10.1. The smallest absolute Gasteiger partial charge is 0.338 e. The Morgan fingerprint density at radius 3 is 2.64 bits per heavy atom. The lowest BCUT2D eigenvalue weighted by Crippen LogP contribution is -2.30. The molecule has 0 saturated carbocycles. The van der Waals surface area contributed by atoms with Crippen LogP contribution in [0.4, 0.5) is 5.69 Å². The van der Waals surface area contributed by atoms with Gasteiger partial charge in [0, 0.05) is 11.1 Å². The van der Waals surface area contributed by atoms with Crippen molar-refractivity contribution in [3.63, 3.8) is 0 Å². The number of benzene rings is 2. The first-order valence-corrected chi connectivity index (χ1v) is 8.91. The third-order valence-electron chi connectivity index (χ3n) is 3.90. The van der Waals surface area contributed by atoms with Gasteiger partial charge in [0.2, 0.25) is 0 Å². The van der Waals surface area contributed by atoms with Crippen LogP contribution in [0.1, 0.15) is 22.8 Å². The molecule has 1 heterocycles. The van der Waals surface area contributed by atoms with Crippen LogP contribution in [0.25, 0.3) is 10.9 Å². The highest BCUT2D eigenvalue weighted by Gasteiger charge is 2.19. The number of hydrogen-bond donors (Lipinski definition) is 1. The number of amides is 1. The predicted molar refractivity (Wildman–Crippen MR) is 106 cm³/mol. The second-order valence-electron chi connectivity index (χ2n) is 5.88. The summed E-state index contributed by atoms with van der Waals surface area (Å²) in [6.45, 7) is 1.46. The number of anilines is 1. The highest BCUT2D eigenvalue weighted by molar-refractivity contribution is 6.32. The van der Waals surface area contributed by atoms with Gasteiger partial charge in [-0.15, -0.1) is 0 Å². The minimum atomic E-state index is -1.04. The molecule has 0 saturated heterocycles. The zero-order valence-corrected chi connectivity index (χ0v) is 16.1. The van der Waals surface area contributed by atoms with Gasteiger partial charge in [0.15, 0.2) is 6.10 Å². The molecule has 0 aliphatic carbocycles. The summed E-state index contributed by atoms with van der Waals surface area (Å²) in [7, 11) is 0. The zero-order chi connectivity index (χ0) is 20.3. The van der Waals surface area contributed by atoms with Gasteiger partial charge in [0.25, 0.3) is 5.91 Å². The molecule has 0 fully saturated rings. The average molecular weight is 414 g/mol. The first-order chi connectivity index (χ1) is 13.4. The van der Waals surface area contributed by atoms with Crippen LogP contribution in [0.15, 0.2) is 48.5 Å². The Morgan fingerprint density at radius 2 is 1.93 bits per heavy atom. The first-order valence-electron chi connectivity index (χ1n) is 8.15. The van der Waals surface area contributed by atoms with Crippen molar-refractivity contribution in [3.05, 3.63) is 69.8 Å². The Hall–Kier alpha value is -3.14. The Morgan fingerprint density at radius 1 is 1.14 bits per heavy atom. The van der Waals surface area contributed by atoms with Gasteiger partial charge in [-0.2, -0.15) is 5.26 Å². The van der Waals surface area contributed by atoms with Gasteiger partial charge in [-0.25, -0.2) is 9.78 Å². The third-order valence-corrected chi connectivity index (χ3v) is 4.42. The van der Waals surface area contributed by atoms with E-state index in [2.05, 4.69) is 10.3 Å². The van der Waals surface area contributed by atoms with Gasteiger partial charge in [-0.05, 0) is 55.5 Å². The van der Waals surface area contributed by atoms with Crippen LogP contribution in [0.2, 0.25) is 10.2 Å². The normalized spacial score (nSPS) is 11.5. The molecule has 0 bridgehead atoms. The fourth-order valence-electron chi connectivity index (χ4n) is 2.44. The number of carbonyl (C=O) groups excluding carboxylic acids is 2. The Labute approximate surface area is 170 Å². The van der Waals surface area contributed by atoms with Crippen molar-refractivity contribution in [1.29, 1.82) is 5.26 Å². The summed E-state index contributed by atoms with van der Waals surface area (Å²) in [6, 6.07) is 14.6. The lowest BCUT2D eigenvalue weighted by Gasteiger charge is -2.14. The fraction of sp³-hybridized carbons (Fsp3) is 0.100. The van der Waals surface area contributed by atoms with E-state index in [0.717, 1.165) is 5.39 Å². The number of aromatic nitrogens is 1. The summed E-state index contributed by atoms with van der Waals surface area (Å²) in [4.78, 5) is 28.8. The molecule has 1 N–H and O–H groups in total. The topological polar surface area (TPSA) is 92.1 Å². The van der Waals surface area contributed by atoms with E-state index in [1.165, 1.54) is 19.1 Å². The number of carbonyl (C=O) groups is 2. The van der Waals surface area contributed by atoms with E-state index >= 15 is 0 Å². The number of halogens is 2.